The summed E-state index contributed by atoms with van der Waals surface area (Å²) in [7, 11) is 0. The van der Waals surface area contributed by atoms with Crippen molar-refractivity contribution in [3.05, 3.63) is 24.3 Å². The van der Waals surface area contributed by atoms with E-state index in [1.165, 1.54) is 6.42 Å². The van der Waals surface area contributed by atoms with E-state index in [-0.39, 0.29) is 35.2 Å². The summed E-state index contributed by atoms with van der Waals surface area (Å²) in [6.45, 7) is 6.78. The average molecular weight is 383 g/mol. The van der Waals surface area contributed by atoms with Crippen LogP contribution < -0.4 is 15.5 Å². The minimum Gasteiger partial charge on any atom is -0.484 e. The fourth-order valence-corrected chi connectivity index (χ4v) is 4.66. The Morgan fingerprint density at radius 1 is 1.21 bits per heavy atom. The molecular formula is C22H29N3O3. The van der Waals surface area contributed by atoms with Crippen LogP contribution in [0.3, 0.4) is 0 Å². The summed E-state index contributed by atoms with van der Waals surface area (Å²) in [6, 6.07) is 7.12. The van der Waals surface area contributed by atoms with Crippen molar-refractivity contribution >= 4 is 23.2 Å². The second-order valence-corrected chi connectivity index (χ2v) is 9.17. The maximum absolute atomic E-state index is 12.2. The first kappa shape index (κ1) is 19.0. The van der Waals surface area contributed by atoms with Crippen molar-refractivity contribution in [3.8, 4) is 5.75 Å². The molecule has 0 spiro atoms. The molecule has 6 heteroatoms. The van der Waals surface area contributed by atoms with Crippen LogP contribution >= 0.6 is 0 Å². The van der Waals surface area contributed by atoms with E-state index in [9.17, 15) is 9.59 Å². The van der Waals surface area contributed by atoms with Crippen LogP contribution in [0.1, 0.15) is 52.9 Å². The number of rotatable bonds is 6. The van der Waals surface area contributed by atoms with Gasteiger partial charge in [-0.2, -0.15) is 5.10 Å². The molecule has 3 fully saturated rings. The second-order valence-electron chi connectivity index (χ2n) is 9.17. The van der Waals surface area contributed by atoms with E-state index in [0.717, 1.165) is 31.4 Å². The smallest absolute Gasteiger partial charge is 0.277 e. The van der Waals surface area contributed by atoms with Gasteiger partial charge >= 0.3 is 0 Å². The van der Waals surface area contributed by atoms with Gasteiger partial charge in [-0.05, 0) is 55.6 Å². The van der Waals surface area contributed by atoms with Crippen LogP contribution in [0, 0.1) is 22.7 Å². The molecule has 0 saturated heterocycles. The molecule has 2 bridgehead atoms. The third-order valence-corrected chi connectivity index (χ3v) is 7.25. The number of carbonyl (C=O) groups is 2. The summed E-state index contributed by atoms with van der Waals surface area (Å²) >= 11 is 0. The van der Waals surface area contributed by atoms with E-state index in [0.29, 0.717) is 17.4 Å². The molecule has 3 saturated carbocycles. The monoisotopic (exact) mass is 383 g/mol. The summed E-state index contributed by atoms with van der Waals surface area (Å²) in [5.41, 5.74) is 4.76. The summed E-state index contributed by atoms with van der Waals surface area (Å²) in [5, 5.41) is 7.33. The number of hydrogen-bond acceptors (Lipinski definition) is 4. The van der Waals surface area contributed by atoms with Crippen LogP contribution in [-0.4, -0.2) is 24.1 Å². The molecule has 2 unspecified atom stereocenters. The first-order valence-electron chi connectivity index (χ1n) is 10.2. The topological polar surface area (TPSA) is 79.8 Å². The molecular weight excluding hydrogens is 354 g/mol. The highest BCUT2D eigenvalue weighted by Gasteiger charge is 2.60. The lowest BCUT2D eigenvalue weighted by molar-refractivity contribution is -0.123. The SMILES string of the molecule is CC12CCC(C/C1=N/NC(=O)COc1cccc(NC(=O)C3CC3)c1)C2(C)C. The number of carbonyl (C=O) groups excluding carboxylic acids is 2. The Hall–Kier alpha value is -2.37. The van der Waals surface area contributed by atoms with Crippen molar-refractivity contribution in [2.75, 3.05) is 11.9 Å². The molecule has 2 amide bonds. The first-order chi connectivity index (χ1) is 13.3. The molecule has 6 nitrogen and oxygen atoms in total. The number of amides is 2. The van der Waals surface area contributed by atoms with Gasteiger partial charge in [-0.3, -0.25) is 9.59 Å². The Morgan fingerprint density at radius 3 is 2.64 bits per heavy atom. The normalized spacial score (nSPS) is 29.0. The van der Waals surface area contributed by atoms with Gasteiger partial charge in [0.2, 0.25) is 5.91 Å². The molecule has 1 aromatic rings. The second kappa shape index (κ2) is 6.90. The van der Waals surface area contributed by atoms with Crippen molar-refractivity contribution in [3.63, 3.8) is 0 Å². The van der Waals surface area contributed by atoms with Gasteiger partial charge in [0.25, 0.3) is 5.91 Å². The van der Waals surface area contributed by atoms with Crippen molar-refractivity contribution in [2.45, 2.75) is 52.9 Å². The van der Waals surface area contributed by atoms with Crippen LogP contribution in [-0.2, 0) is 9.59 Å². The molecule has 0 radical (unpaired) electrons. The van der Waals surface area contributed by atoms with Gasteiger partial charge in [0.15, 0.2) is 6.61 Å². The Balaban J connectivity index is 1.30. The lowest BCUT2D eigenvalue weighted by Gasteiger charge is -2.34. The van der Waals surface area contributed by atoms with E-state index in [4.69, 9.17) is 4.74 Å². The lowest BCUT2D eigenvalue weighted by Crippen LogP contribution is -2.35. The van der Waals surface area contributed by atoms with Crippen LogP contribution in [0.4, 0.5) is 5.69 Å². The van der Waals surface area contributed by atoms with Crippen molar-refractivity contribution in [2.24, 2.45) is 27.8 Å². The van der Waals surface area contributed by atoms with Gasteiger partial charge < -0.3 is 10.1 Å². The lowest BCUT2D eigenvalue weighted by atomic mass is 9.70. The van der Waals surface area contributed by atoms with Gasteiger partial charge in [-0.15, -0.1) is 0 Å². The maximum atomic E-state index is 12.2. The standard InChI is InChI=1S/C22H29N3O3/c1-21(2)15-9-10-22(21,3)18(11-15)24-25-19(26)13-28-17-6-4-5-16(12-17)23-20(27)14-7-8-14/h4-6,12,14-15H,7-11,13H2,1-3H3,(H,23,27)(H,25,26)/b24-18-. The van der Waals surface area contributed by atoms with E-state index in [2.05, 4.69) is 36.6 Å². The fourth-order valence-electron chi connectivity index (χ4n) is 4.66. The number of hydrazone groups is 1. The predicted octanol–water partition coefficient (Wildman–Crippen LogP) is 3.73. The molecule has 2 atom stereocenters. The minimum atomic E-state index is -0.274. The molecule has 150 valence electrons. The summed E-state index contributed by atoms with van der Waals surface area (Å²) in [5.74, 6) is 1.12. The van der Waals surface area contributed by atoms with Gasteiger partial charge in [-0.25, -0.2) is 5.43 Å². The minimum absolute atomic E-state index is 0.0491. The van der Waals surface area contributed by atoms with Crippen LogP contribution in [0.25, 0.3) is 0 Å². The summed E-state index contributed by atoms with van der Waals surface area (Å²) < 4.78 is 5.58. The van der Waals surface area contributed by atoms with Crippen molar-refractivity contribution in [1.29, 1.82) is 0 Å². The van der Waals surface area contributed by atoms with Gasteiger partial charge in [0.1, 0.15) is 5.75 Å². The first-order valence-corrected chi connectivity index (χ1v) is 10.2. The van der Waals surface area contributed by atoms with Crippen molar-refractivity contribution < 1.29 is 14.3 Å². The molecule has 28 heavy (non-hydrogen) atoms. The number of nitrogens with zero attached hydrogens (tertiary/aromatic N) is 1. The highest BCUT2D eigenvalue weighted by molar-refractivity contribution is 5.95. The van der Waals surface area contributed by atoms with Gasteiger partial charge in [0.05, 0.1) is 0 Å². The van der Waals surface area contributed by atoms with Crippen LogP contribution in [0.2, 0.25) is 0 Å². The molecule has 1 aromatic carbocycles. The number of nitrogens with one attached hydrogen (secondary N) is 2. The number of ether oxygens (including phenoxy) is 1. The van der Waals surface area contributed by atoms with E-state index in [1.807, 2.05) is 6.07 Å². The Bertz CT molecular complexity index is 828. The zero-order valence-corrected chi connectivity index (χ0v) is 16.9. The Labute approximate surface area is 166 Å². The highest BCUT2D eigenvalue weighted by atomic mass is 16.5. The van der Waals surface area contributed by atoms with Crippen LogP contribution in [0.15, 0.2) is 29.4 Å². The van der Waals surface area contributed by atoms with E-state index >= 15 is 0 Å². The fraction of sp³-hybridized carbons (Fsp3) is 0.591. The predicted molar refractivity (Wildman–Crippen MR) is 108 cm³/mol. The number of benzene rings is 1. The Kier molecular flexibility index (Phi) is 4.68. The third-order valence-electron chi connectivity index (χ3n) is 7.25. The third kappa shape index (κ3) is 3.40. The largest absolute Gasteiger partial charge is 0.484 e. The highest BCUT2D eigenvalue weighted by Crippen LogP contribution is 2.63. The average Bonchev–Trinajstić information content (AvgIpc) is 3.45. The summed E-state index contributed by atoms with van der Waals surface area (Å²) in [4.78, 5) is 24.1. The molecule has 3 aliphatic carbocycles. The molecule has 0 aliphatic heterocycles. The Morgan fingerprint density at radius 2 is 2.00 bits per heavy atom. The van der Waals surface area contributed by atoms with Gasteiger partial charge in [-0.1, -0.05) is 26.8 Å². The van der Waals surface area contributed by atoms with Gasteiger partial charge in [0, 0.05) is 28.8 Å². The molecule has 4 rings (SSSR count). The molecule has 0 heterocycles. The number of hydrogen-bond donors (Lipinski definition) is 2. The molecule has 3 aliphatic rings. The van der Waals surface area contributed by atoms with Crippen molar-refractivity contribution in [1.82, 2.24) is 5.43 Å². The quantitative estimate of drug-likeness (QED) is 0.735. The zero-order valence-electron chi connectivity index (χ0n) is 16.9. The molecule has 2 N–H and O–H groups in total. The summed E-state index contributed by atoms with van der Waals surface area (Å²) in [6.07, 6.45) is 5.26. The molecule has 0 aromatic heterocycles. The van der Waals surface area contributed by atoms with Crippen LogP contribution in [0.5, 0.6) is 5.75 Å². The number of fused-ring (bicyclic) bond motifs is 2. The van der Waals surface area contributed by atoms with E-state index < -0.39 is 0 Å². The number of anilines is 1. The maximum Gasteiger partial charge on any atom is 0.277 e. The zero-order chi connectivity index (χ0) is 19.9. The van der Waals surface area contributed by atoms with E-state index in [1.54, 1.807) is 18.2 Å².